The smallest absolute Gasteiger partial charge is 0.189 e. The van der Waals surface area contributed by atoms with E-state index in [1.165, 1.54) is 0 Å². The normalized spacial score (nSPS) is 10.5. The molecule has 66 valence electrons. The van der Waals surface area contributed by atoms with E-state index in [4.69, 9.17) is 0 Å². The number of benzene rings is 1. The Morgan fingerprint density at radius 1 is 1.23 bits per heavy atom. The molecule has 1 aromatic heterocycles. The zero-order valence-electron chi connectivity index (χ0n) is 7.23. The molecule has 0 N–H and O–H groups in total. The molecule has 2 nitrogen and oxygen atoms in total. The van der Waals surface area contributed by atoms with Crippen LogP contribution in [0, 0.1) is 0 Å². The Morgan fingerprint density at radius 2 is 2.00 bits per heavy atom. The fraction of sp³-hybridized carbons (Fsp3) is 0.100. The number of nitrogens with zero attached hydrogens (tertiary/aromatic N) is 1. The minimum atomic E-state index is 0.0842. The molecule has 0 amide bonds. The second-order valence-electron chi connectivity index (χ2n) is 2.71. The zero-order valence-corrected chi connectivity index (χ0v) is 8.04. The molecule has 0 saturated heterocycles. The Labute approximate surface area is 80.3 Å². The molecule has 3 heteroatoms. The quantitative estimate of drug-likeness (QED) is 0.688. The highest BCUT2D eigenvalue weighted by Gasteiger charge is 1.99. The highest BCUT2D eigenvalue weighted by Crippen LogP contribution is 2.13. The van der Waals surface area contributed by atoms with Crippen LogP contribution in [-0.4, -0.2) is 10.2 Å². The number of pyridine rings is 1. The van der Waals surface area contributed by atoms with Crippen LogP contribution in [-0.2, 0) is 0 Å². The Balaban J connectivity index is 2.93. The van der Waals surface area contributed by atoms with E-state index in [-0.39, 0.29) is 5.43 Å². The third kappa shape index (κ3) is 1.35. The van der Waals surface area contributed by atoms with Gasteiger partial charge in [0.25, 0.3) is 0 Å². The number of fused-ring (bicyclic) bond motifs is 1. The molecular formula is C10H9NOS. The maximum atomic E-state index is 11.4. The number of hydrogen-bond acceptors (Lipinski definition) is 2. The van der Waals surface area contributed by atoms with Crippen LogP contribution in [0.25, 0.3) is 10.9 Å². The van der Waals surface area contributed by atoms with Crippen LogP contribution in [0.5, 0.6) is 0 Å². The van der Waals surface area contributed by atoms with Crippen molar-refractivity contribution in [3.8, 4) is 0 Å². The summed E-state index contributed by atoms with van der Waals surface area (Å²) in [4.78, 5) is 11.4. The lowest BCUT2D eigenvalue weighted by molar-refractivity contribution is 1.29. The molecule has 0 aliphatic rings. The molecule has 0 atom stereocenters. The molecule has 1 heterocycles. The van der Waals surface area contributed by atoms with Crippen LogP contribution in [0.2, 0.25) is 0 Å². The molecule has 2 aromatic rings. The summed E-state index contributed by atoms with van der Waals surface area (Å²) in [6.45, 7) is 0. The lowest BCUT2D eigenvalue weighted by Crippen LogP contribution is -2.03. The van der Waals surface area contributed by atoms with Crippen molar-refractivity contribution in [3.05, 3.63) is 46.8 Å². The monoisotopic (exact) mass is 191 g/mol. The van der Waals surface area contributed by atoms with Gasteiger partial charge < -0.3 is 0 Å². The first-order chi connectivity index (χ1) is 6.33. The van der Waals surface area contributed by atoms with Crippen molar-refractivity contribution < 1.29 is 0 Å². The van der Waals surface area contributed by atoms with E-state index >= 15 is 0 Å². The van der Waals surface area contributed by atoms with Gasteiger partial charge in [0.2, 0.25) is 0 Å². The molecule has 0 bridgehead atoms. The fourth-order valence-electron chi connectivity index (χ4n) is 1.34. The van der Waals surface area contributed by atoms with Crippen molar-refractivity contribution >= 4 is 22.9 Å². The summed E-state index contributed by atoms with van der Waals surface area (Å²) in [6, 6.07) is 9.22. The van der Waals surface area contributed by atoms with Gasteiger partial charge in [0, 0.05) is 23.9 Å². The summed E-state index contributed by atoms with van der Waals surface area (Å²) in [5.41, 5.74) is 1.06. The zero-order chi connectivity index (χ0) is 9.26. The summed E-state index contributed by atoms with van der Waals surface area (Å²) in [6.07, 6.45) is 3.78. The molecular weight excluding hydrogens is 182 g/mol. The first-order valence-corrected chi connectivity index (χ1v) is 5.16. The van der Waals surface area contributed by atoms with E-state index in [0.29, 0.717) is 0 Å². The molecule has 2 rings (SSSR count). The minimum Gasteiger partial charge on any atom is -0.291 e. The average molecular weight is 191 g/mol. The van der Waals surface area contributed by atoms with Crippen molar-refractivity contribution in [2.75, 3.05) is 6.26 Å². The number of para-hydroxylation sites is 1. The van der Waals surface area contributed by atoms with Gasteiger partial charge in [-0.05, 0) is 24.1 Å². The van der Waals surface area contributed by atoms with Crippen LogP contribution in [0.4, 0.5) is 0 Å². The standard InChI is InChI=1S/C10H9NOS/c1-13-11-7-6-10(12)8-4-2-3-5-9(8)11/h2-7H,1H3. The number of hydrogen-bond donors (Lipinski definition) is 0. The van der Waals surface area contributed by atoms with Crippen molar-refractivity contribution in [3.63, 3.8) is 0 Å². The molecule has 0 radical (unpaired) electrons. The summed E-state index contributed by atoms with van der Waals surface area (Å²) in [5, 5.41) is 0.777. The molecule has 0 spiro atoms. The summed E-state index contributed by atoms with van der Waals surface area (Å²) in [5.74, 6) is 0. The molecule has 13 heavy (non-hydrogen) atoms. The maximum absolute atomic E-state index is 11.4. The first kappa shape index (κ1) is 8.38. The Morgan fingerprint density at radius 3 is 2.77 bits per heavy atom. The predicted octanol–water partition coefficient (Wildman–Crippen LogP) is 2.13. The SMILES string of the molecule is CSn1ccc(=O)c2ccccc21. The molecule has 0 fully saturated rings. The van der Waals surface area contributed by atoms with Gasteiger partial charge in [0.05, 0.1) is 5.52 Å². The van der Waals surface area contributed by atoms with Gasteiger partial charge in [-0.1, -0.05) is 12.1 Å². The predicted molar refractivity (Wildman–Crippen MR) is 57.1 cm³/mol. The first-order valence-electron chi connectivity index (χ1n) is 3.98. The van der Waals surface area contributed by atoms with Crippen molar-refractivity contribution in [2.45, 2.75) is 0 Å². The number of rotatable bonds is 1. The molecule has 0 unspecified atom stereocenters. The van der Waals surface area contributed by atoms with Gasteiger partial charge in [0.1, 0.15) is 0 Å². The molecule has 0 saturated carbocycles. The topological polar surface area (TPSA) is 22.0 Å². The highest BCUT2D eigenvalue weighted by atomic mass is 32.2. The van der Waals surface area contributed by atoms with Gasteiger partial charge in [0.15, 0.2) is 5.43 Å². The van der Waals surface area contributed by atoms with Gasteiger partial charge >= 0.3 is 0 Å². The van der Waals surface area contributed by atoms with Crippen LogP contribution >= 0.6 is 11.9 Å². The molecule has 1 aromatic carbocycles. The number of aromatic nitrogens is 1. The van der Waals surface area contributed by atoms with Crippen molar-refractivity contribution in [1.82, 2.24) is 3.97 Å². The third-order valence-corrected chi connectivity index (χ3v) is 2.68. The maximum Gasteiger partial charge on any atom is 0.189 e. The highest BCUT2D eigenvalue weighted by molar-refractivity contribution is 7.97. The minimum absolute atomic E-state index is 0.0842. The van der Waals surface area contributed by atoms with Gasteiger partial charge in [-0.25, -0.2) is 0 Å². The largest absolute Gasteiger partial charge is 0.291 e. The summed E-state index contributed by atoms with van der Waals surface area (Å²) in [7, 11) is 0. The fourth-order valence-corrected chi connectivity index (χ4v) is 1.88. The van der Waals surface area contributed by atoms with Crippen LogP contribution in [0.3, 0.4) is 0 Å². The van der Waals surface area contributed by atoms with Crippen molar-refractivity contribution in [2.24, 2.45) is 0 Å². The Hall–Kier alpha value is -1.22. The Bertz CT molecular complexity index is 489. The third-order valence-electron chi connectivity index (χ3n) is 1.96. The Kier molecular flexibility index (Phi) is 2.10. The van der Waals surface area contributed by atoms with E-state index < -0.39 is 0 Å². The van der Waals surface area contributed by atoms with Crippen LogP contribution < -0.4 is 5.43 Å². The molecule has 0 aliphatic carbocycles. The van der Waals surface area contributed by atoms with E-state index in [1.54, 1.807) is 24.2 Å². The molecule has 0 aliphatic heterocycles. The lowest BCUT2D eigenvalue weighted by atomic mass is 10.2. The van der Waals surface area contributed by atoms with Gasteiger partial charge in [-0.15, -0.1) is 0 Å². The summed E-state index contributed by atoms with van der Waals surface area (Å²) >= 11 is 1.58. The van der Waals surface area contributed by atoms with E-state index in [9.17, 15) is 4.79 Å². The van der Waals surface area contributed by atoms with E-state index in [1.807, 2.05) is 34.5 Å². The van der Waals surface area contributed by atoms with E-state index in [0.717, 1.165) is 10.9 Å². The van der Waals surface area contributed by atoms with Crippen molar-refractivity contribution in [1.29, 1.82) is 0 Å². The second kappa shape index (κ2) is 3.26. The lowest BCUT2D eigenvalue weighted by Gasteiger charge is -2.05. The van der Waals surface area contributed by atoms with Gasteiger partial charge in [-0.2, -0.15) is 0 Å². The average Bonchev–Trinajstić information content (AvgIpc) is 2.19. The second-order valence-corrected chi connectivity index (χ2v) is 3.46. The van der Waals surface area contributed by atoms with Crippen LogP contribution in [0.15, 0.2) is 41.3 Å². The van der Waals surface area contributed by atoms with Gasteiger partial charge in [-0.3, -0.25) is 8.77 Å². The van der Waals surface area contributed by atoms with E-state index in [2.05, 4.69) is 0 Å². The summed E-state index contributed by atoms with van der Waals surface area (Å²) < 4.78 is 1.98. The van der Waals surface area contributed by atoms with Crippen LogP contribution in [0.1, 0.15) is 0 Å².